The summed E-state index contributed by atoms with van der Waals surface area (Å²) in [5.74, 6) is 0.587. The van der Waals surface area contributed by atoms with Crippen molar-refractivity contribution >= 4 is 24.0 Å². The summed E-state index contributed by atoms with van der Waals surface area (Å²) in [6.07, 6.45) is 8.75. The molecular weight excluding hydrogens is 314 g/mol. The van der Waals surface area contributed by atoms with E-state index in [9.17, 15) is 4.79 Å². The van der Waals surface area contributed by atoms with Crippen LogP contribution in [0.25, 0.3) is 12.2 Å². The zero-order chi connectivity index (χ0) is 17.5. The number of cyclic esters (lactones) is 1. The van der Waals surface area contributed by atoms with E-state index in [2.05, 4.69) is 4.99 Å². The Bertz CT molecular complexity index is 877. The fourth-order valence-electron chi connectivity index (χ4n) is 2.29. The Balaban J connectivity index is 1.72. The van der Waals surface area contributed by atoms with Gasteiger partial charge < -0.3 is 9.47 Å². The molecule has 0 unspecified atom stereocenters. The Labute approximate surface area is 146 Å². The zero-order valence-electron chi connectivity index (χ0n) is 13.8. The van der Waals surface area contributed by atoms with E-state index in [1.54, 1.807) is 25.3 Å². The number of carbonyl (C=O) groups excluding carboxylic acids is 1. The van der Waals surface area contributed by atoms with Crippen LogP contribution >= 0.6 is 0 Å². The highest BCUT2D eigenvalue weighted by atomic mass is 16.6. The van der Waals surface area contributed by atoms with Crippen LogP contribution in [0.1, 0.15) is 11.1 Å². The van der Waals surface area contributed by atoms with Gasteiger partial charge in [-0.15, -0.1) is 0 Å². The van der Waals surface area contributed by atoms with Crippen LogP contribution in [0.3, 0.4) is 0 Å². The number of esters is 1. The highest BCUT2D eigenvalue weighted by Gasteiger charge is 2.20. The third-order valence-electron chi connectivity index (χ3n) is 3.52. The van der Waals surface area contributed by atoms with Crippen molar-refractivity contribution in [1.82, 2.24) is 0 Å². The number of methoxy groups -OCH3 is 1. The molecule has 0 radical (unpaired) electrons. The Morgan fingerprint density at radius 3 is 2.52 bits per heavy atom. The summed E-state index contributed by atoms with van der Waals surface area (Å²) in [5.41, 5.74) is 2.19. The van der Waals surface area contributed by atoms with Crippen LogP contribution in [-0.2, 0) is 9.53 Å². The molecule has 4 heteroatoms. The highest BCUT2D eigenvalue weighted by molar-refractivity contribution is 6.09. The molecule has 0 bridgehead atoms. The van der Waals surface area contributed by atoms with Gasteiger partial charge in [0.2, 0.25) is 5.90 Å². The summed E-state index contributed by atoms with van der Waals surface area (Å²) in [6.45, 7) is 0. The summed E-state index contributed by atoms with van der Waals surface area (Å²) in [7, 11) is 1.62. The van der Waals surface area contributed by atoms with Crippen LogP contribution in [0.15, 0.2) is 83.5 Å². The first kappa shape index (κ1) is 16.5. The molecule has 124 valence electrons. The van der Waals surface area contributed by atoms with E-state index in [4.69, 9.17) is 9.47 Å². The van der Waals surface area contributed by atoms with E-state index in [0.717, 1.165) is 16.9 Å². The van der Waals surface area contributed by atoms with Gasteiger partial charge in [-0.3, -0.25) is 0 Å². The highest BCUT2D eigenvalue weighted by Crippen LogP contribution is 2.19. The largest absolute Gasteiger partial charge is 0.496 e. The van der Waals surface area contributed by atoms with Gasteiger partial charge in [0, 0.05) is 11.6 Å². The average molecular weight is 331 g/mol. The molecule has 0 saturated carbocycles. The zero-order valence-corrected chi connectivity index (χ0v) is 13.8. The molecule has 0 aliphatic carbocycles. The summed E-state index contributed by atoms with van der Waals surface area (Å²) in [5, 5.41) is 0. The number of benzene rings is 2. The third kappa shape index (κ3) is 4.32. The standard InChI is InChI=1S/C21H17NO3/c1-24-19-13-6-5-10-17(19)11-7-12-18-21(23)25-20(22-18)15-14-16-8-3-2-4-9-16/h2-15H,1H3. The number of hydrogen-bond donors (Lipinski definition) is 0. The number of rotatable bonds is 5. The molecule has 0 spiro atoms. The normalized spacial score (nSPS) is 15.8. The van der Waals surface area contributed by atoms with Crippen molar-refractivity contribution < 1.29 is 14.3 Å². The first-order valence-corrected chi connectivity index (χ1v) is 7.81. The second kappa shape index (κ2) is 7.93. The molecule has 1 aliphatic heterocycles. The van der Waals surface area contributed by atoms with Gasteiger partial charge >= 0.3 is 5.97 Å². The molecule has 4 nitrogen and oxygen atoms in total. The smallest absolute Gasteiger partial charge is 0.363 e. The lowest BCUT2D eigenvalue weighted by Gasteiger charge is -2.02. The van der Waals surface area contributed by atoms with E-state index in [1.165, 1.54) is 0 Å². The quantitative estimate of drug-likeness (QED) is 0.607. The topological polar surface area (TPSA) is 47.9 Å². The van der Waals surface area contributed by atoms with Gasteiger partial charge in [-0.25, -0.2) is 9.79 Å². The van der Waals surface area contributed by atoms with Crippen LogP contribution in [0.4, 0.5) is 0 Å². The maximum Gasteiger partial charge on any atom is 0.363 e. The monoisotopic (exact) mass is 331 g/mol. The Morgan fingerprint density at radius 2 is 1.72 bits per heavy atom. The van der Waals surface area contributed by atoms with Gasteiger partial charge in [-0.2, -0.15) is 0 Å². The number of allylic oxidation sites excluding steroid dienone is 2. The summed E-state index contributed by atoms with van der Waals surface area (Å²) < 4.78 is 10.4. The predicted octanol–water partition coefficient (Wildman–Crippen LogP) is 4.26. The minimum atomic E-state index is -0.461. The van der Waals surface area contributed by atoms with E-state index in [1.807, 2.05) is 66.7 Å². The lowest BCUT2D eigenvalue weighted by atomic mass is 10.2. The van der Waals surface area contributed by atoms with Gasteiger partial charge in [0.05, 0.1) is 7.11 Å². The number of para-hydroxylation sites is 1. The molecule has 0 aromatic heterocycles. The second-order valence-corrected chi connectivity index (χ2v) is 5.24. The summed E-state index contributed by atoms with van der Waals surface area (Å²) >= 11 is 0. The van der Waals surface area contributed by atoms with Crippen molar-refractivity contribution in [2.75, 3.05) is 7.11 Å². The molecule has 25 heavy (non-hydrogen) atoms. The van der Waals surface area contributed by atoms with Crippen LogP contribution in [-0.4, -0.2) is 19.0 Å². The van der Waals surface area contributed by atoms with E-state index in [-0.39, 0.29) is 11.6 Å². The van der Waals surface area contributed by atoms with Crippen LogP contribution in [0.5, 0.6) is 5.75 Å². The van der Waals surface area contributed by atoms with E-state index >= 15 is 0 Å². The Morgan fingerprint density at radius 1 is 0.960 bits per heavy atom. The number of ether oxygens (including phenoxy) is 2. The molecule has 3 rings (SSSR count). The number of hydrogen-bond acceptors (Lipinski definition) is 4. The van der Waals surface area contributed by atoms with Crippen molar-refractivity contribution in [2.24, 2.45) is 4.99 Å². The summed E-state index contributed by atoms with van der Waals surface area (Å²) in [4.78, 5) is 16.1. The van der Waals surface area contributed by atoms with Gasteiger partial charge in [-0.1, -0.05) is 60.7 Å². The molecule has 0 fully saturated rings. The molecule has 0 N–H and O–H groups in total. The first-order valence-electron chi connectivity index (χ1n) is 7.81. The minimum Gasteiger partial charge on any atom is -0.496 e. The molecule has 1 heterocycles. The fraction of sp³-hybridized carbons (Fsp3) is 0.0476. The average Bonchev–Trinajstić information content (AvgIpc) is 3.01. The third-order valence-corrected chi connectivity index (χ3v) is 3.52. The Hall–Kier alpha value is -3.40. The van der Waals surface area contributed by atoms with Gasteiger partial charge in [0.15, 0.2) is 5.70 Å². The van der Waals surface area contributed by atoms with Gasteiger partial charge in [-0.05, 0) is 23.8 Å². The van der Waals surface area contributed by atoms with Crippen LogP contribution < -0.4 is 4.74 Å². The van der Waals surface area contributed by atoms with Crippen molar-refractivity contribution in [3.8, 4) is 5.75 Å². The van der Waals surface area contributed by atoms with Crippen molar-refractivity contribution in [1.29, 1.82) is 0 Å². The molecule has 2 aromatic rings. The SMILES string of the molecule is COc1ccccc1C=CC=C1N=C(C=Cc2ccccc2)OC1=O. The number of nitrogens with zero attached hydrogens (tertiary/aromatic N) is 1. The molecule has 1 aliphatic rings. The van der Waals surface area contributed by atoms with Crippen molar-refractivity contribution in [2.45, 2.75) is 0 Å². The molecule has 0 atom stereocenters. The lowest BCUT2D eigenvalue weighted by Crippen LogP contribution is -2.00. The van der Waals surface area contributed by atoms with Gasteiger partial charge in [0.25, 0.3) is 0 Å². The van der Waals surface area contributed by atoms with E-state index < -0.39 is 5.97 Å². The van der Waals surface area contributed by atoms with E-state index in [0.29, 0.717) is 0 Å². The Kier molecular flexibility index (Phi) is 5.22. The maximum absolute atomic E-state index is 11.9. The van der Waals surface area contributed by atoms with Crippen molar-refractivity contribution in [3.05, 3.63) is 89.6 Å². The second-order valence-electron chi connectivity index (χ2n) is 5.24. The maximum atomic E-state index is 11.9. The van der Waals surface area contributed by atoms with Crippen LogP contribution in [0, 0.1) is 0 Å². The predicted molar refractivity (Wildman–Crippen MR) is 99.1 cm³/mol. The number of carbonyl (C=O) groups is 1. The molecule has 0 saturated heterocycles. The van der Waals surface area contributed by atoms with Crippen molar-refractivity contribution in [3.63, 3.8) is 0 Å². The molecular formula is C21H17NO3. The fourth-order valence-corrected chi connectivity index (χ4v) is 2.29. The lowest BCUT2D eigenvalue weighted by molar-refractivity contribution is -0.129. The first-order chi connectivity index (χ1) is 12.3. The number of aliphatic imine (C=N–C) groups is 1. The summed E-state index contributed by atoms with van der Waals surface area (Å²) in [6, 6.07) is 17.4. The van der Waals surface area contributed by atoms with Gasteiger partial charge in [0.1, 0.15) is 5.75 Å². The van der Waals surface area contributed by atoms with Crippen LogP contribution in [0.2, 0.25) is 0 Å². The minimum absolute atomic E-state index is 0.263. The molecule has 0 amide bonds. The molecule has 2 aromatic carbocycles.